The van der Waals surface area contributed by atoms with Crippen LogP contribution >= 0.6 is 0 Å². The lowest BCUT2D eigenvalue weighted by molar-refractivity contribution is -0.393. The van der Waals surface area contributed by atoms with Crippen LogP contribution in [0.15, 0.2) is 121 Å². The smallest absolute Gasteiger partial charge is 0.192 e. The highest BCUT2D eigenvalue weighted by atomic mass is 28.4. The normalized spacial score (nSPS) is 30.4. The summed E-state index contributed by atoms with van der Waals surface area (Å²) in [5.74, 6) is 0. The molecule has 0 radical (unpaired) electrons. The van der Waals surface area contributed by atoms with Crippen LogP contribution in [0, 0.1) is 0 Å². The topological polar surface area (TPSA) is 124 Å². The molecule has 3 aliphatic heterocycles. The highest BCUT2D eigenvalue weighted by molar-refractivity contribution is 6.74. The van der Waals surface area contributed by atoms with E-state index in [-0.39, 0.29) is 38.1 Å². The Bertz CT molecular complexity index is 1810. The molecule has 1 unspecified atom stereocenters. The quantitative estimate of drug-likeness (QED) is 0.120. The van der Waals surface area contributed by atoms with Gasteiger partial charge in [0.25, 0.3) is 0 Å². The number of hydrogen-bond acceptors (Lipinski definition) is 11. The van der Waals surface area contributed by atoms with E-state index in [2.05, 4.69) is 33.9 Å². The van der Waals surface area contributed by atoms with E-state index in [9.17, 15) is 10.2 Å². The average Bonchev–Trinajstić information content (AvgIpc) is 3.23. The van der Waals surface area contributed by atoms with Crippen molar-refractivity contribution in [2.45, 2.75) is 126 Å². The summed E-state index contributed by atoms with van der Waals surface area (Å²) in [5, 5.41) is 23.3. The maximum Gasteiger partial charge on any atom is 0.192 e. The second kappa shape index (κ2) is 19.4. The fraction of sp³-hybridized carbons (Fsp3) is 0.478. The Morgan fingerprint density at radius 1 is 0.621 bits per heavy atom. The van der Waals surface area contributed by atoms with Crippen molar-refractivity contribution >= 4 is 8.32 Å². The van der Waals surface area contributed by atoms with Gasteiger partial charge < -0.3 is 52.5 Å². The maximum atomic E-state index is 12.0. The first kappa shape index (κ1) is 42.8. The third kappa shape index (κ3) is 10.5. The van der Waals surface area contributed by atoms with E-state index >= 15 is 0 Å². The first-order valence-corrected chi connectivity index (χ1v) is 23.1. The van der Waals surface area contributed by atoms with Gasteiger partial charge >= 0.3 is 0 Å². The molecule has 11 nitrogen and oxygen atoms in total. The fourth-order valence-corrected chi connectivity index (χ4v) is 8.17. The third-order valence-electron chi connectivity index (χ3n) is 11.6. The molecule has 3 saturated heterocycles. The summed E-state index contributed by atoms with van der Waals surface area (Å²) in [6.07, 6.45) is -10.7. The van der Waals surface area contributed by atoms with Gasteiger partial charge in [-0.05, 0) is 34.8 Å². The molecule has 312 valence electrons. The molecule has 7 rings (SSSR count). The van der Waals surface area contributed by atoms with Crippen LogP contribution < -0.4 is 0 Å². The van der Waals surface area contributed by atoms with Crippen LogP contribution in [0.5, 0.6) is 0 Å². The Balaban J connectivity index is 1.22. The summed E-state index contributed by atoms with van der Waals surface area (Å²) in [5.41, 5.74) is 3.68. The van der Waals surface area contributed by atoms with Crippen LogP contribution in [-0.4, -0.2) is 93.2 Å². The fourth-order valence-electron chi connectivity index (χ4n) is 7.16. The number of rotatable bonds is 15. The summed E-state index contributed by atoms with van der Waals surface area (Å²) >= 11 is 0. The Hall–Kier alpha value is -3.34. The van der Waals surface area contributed by atoms with E-state index in [1.165, 1.54) is 0 Å². The molecular formula is C46H58O11Si. The number of aliphatic hydroxyl groups excluding tert-OH is 2. The van der Waals surface area contributed by atoms with E-state index < -0.39 is 76.0 Å². The molecule has 3 aliphatic rings. The summed E-state index contributed by atoms with van der Waals surface area (Å²) < 4.78 is 59.1. The van der Waals surface area contributed by atoms with Crippen LogP contribution in [0.4, 0.5) is 0 Å². The lowest BCUT2D eigenvalue weighted by atomic mass is 9.96. The molecular weight excluding hydrogens is 757 g/mol. The average molecular weight is 815 g/mol. The summed E-state index contributed by atoms with van der Waals surface area (Å²) in [4.78, 5) is 0. The summed E-state index contributed by atoms with van der Waals surface area (Å²) in [7, 11) is -2.29. The predicted molar refractivity (Wildman–Crippen MR) is 219 cm³/mol. The Labute approximate surface area is 343 Å². The molecule has 4 aromatic carbocycles. The molecule has 0 bridgehead atoms. The van der Waals surface area contributed by atoms with Crippen LogP contribution in [0.3, 0.4) is 0 Å². The number of benzene rings is 4. The molecule has 3 heterocycles. The van der Waals surface area contributed by atoms with E-state index in [0.717, 1.165) is 22.3 Å². The first-order valence-electron chi connectivity index (χ1n) is 20.2. The Morgan fingerprint density at radius 3 is 1.66 bits per heavy atom. The van der Waals surface area contributed by atoms with Crippen molar-refractivity contribution in [2.24, 2.45) is 0 Å². The molecule has 58 heavy (non-hydrogen) atoms. The van der Waals surface area contributed by atoms with E-state index in [1.807, 2.05) is 121 Å². The zero-order valence-corrected chi connectivity index (χ0v) is 35.0. The summed E-state index contributed by atoms with van der Waals surface area (Å²) in [6, 6.07) is 39.2. The minimum Gasteiger partial charge on any atom is -0.414 e. The number of aliphatic hydroxyl groups is 2. The van der Waals surface area contributed by atoms with Gasteiger partial charge in [-0.25, -0.2) is 0 Å². The molecule has 0 aliphatic carbocycles. The van der Waals surface area contributed by atoms with Gasteiger partial charge in [-0.2, -0.15) is 0 Å². The molecule has 2 N–H and O–H groups in total. The SMILES string of the molecule is CC(C)(C)[Si](C)(C)OC[C@H]1O[C@H](O[C@@H]2[C@@H](O)[C@@H]3OC(c4ccccc4)OC[C@H]3O[C@@H]2O)[C@H](OCc2ccccc2)[C@@H](OCc2ccccc2)[C@@H]1OCc1ccccc1. The lowest BCUT2D eigenvalue weighted by Gasteiger charge is -2.50. The van der Waals surface area contributed by atoms with Crippen molar-refractivity contribution in [1.29, 1.82) is 0 Å². The number of ether oxygens (including phenoxy) is 8. The molecule has 4 aromatic rings. The Morgan fingerprint density at radius 2 is 1.12 bits per heavy atom. The van der Waals surface area contributed by atoms with E-state index in [4.69, 9.17) is 42.3 Å². The molecule has 12 heteroatoms. The van der Waals surface area contributed by atoms with Crippen LogP contribution in [0.1, 0.15) is 49.3 Å². The summed E-state index contributed by atoms with van der Waals surface area (Å²) in [6.45, 7) is 12.0. The standard InChI is InChI=1S/C46H58O11Si/c1-46(2,3)58(4,5)53-30-36-39(49-26-31-18-10-6-11-19-31)41(50-27-32-20-12-7-13-21-32)42(51-28-33-22-14-8-15-23-33)45(55-36)57-40-37(47)38-35(54-43(40)48)29-52-44(56-38)34-24-16-9-17-25-34/h6-25,35-45,47-48H,26-30H2,1-5H3/t35-,36-,37+,38-,39-,40-,41+,42-,43+,44?,45-/m1/s1. The van der Waals surface area contributed by atoms with Gasteiger partial charge in [-0.3, -0.25) is 0 Å². The second-order valence-corrected chi connectivity index (χ2v) is 21.5. The molecule has 0 aromatic heterocycles. The van der Waals surface area contributed by atoms with Crippen LogP contribution in [-0.2, 0) is 62.1 Å². The highest BCUT2D eigenvalue weighted by Crippen LogP contribution is 2.40. The van der Waals surface area contributed by atoms with Crippen molar-refractivity contribution in [2.75, 3.05) is 13.2 Å². The van der Waals surface area contributed by atoms with Crippen LogP contribution in [0.2, 0.25) is 18.1 Å². The van der Waals surface area contributed by atoms with Gasteiger partial charge in [0.2, 0.25) is 0 Å². The largest absolute Gasteiger partial charge is 0.414 e. The zero-order valence-electron chi connectivity index (χ0n) is 34.0. The van der Waals surface area contributed by atoms with Crippen molar-refractivity contribution in [1.82, 2.24) is 0 Å². The van der Waals surface area contributed by atoms with Gasteiger partial charge in [0.15, 0.2) is 27.2 Å². The second-order valence-electron chi connectivity index (χ2n) is 16.7. The van der Waals surface area contributed by atoms with Gasteiger partial charge in [-0.15, -0.1) is 0 Å². The molecule has 0 amide bonds. The van der Waals surface area contributed by atoms with E-state index in [1.54, 1.807) is 0 Å². The number of fused-ring (bicyclic) bond motifs is 1. The van der Waals surface area contributed by atoms with Crippen LogP contribution in [0.25, 0.3) is 0 Å². The van der Waals surface area contributed by atoms with Crippen molar-refractivity contribution < 1.29 is 52.5 Å². The third-order valence-corrected chi connectivity index (χ3v) is 16.1. The lowest BCUT2D eigenvalue weighted by Crippen LogP contribution is -2.66. The Kier molecular flexibility index (Phi) is 14.3. The van der Waals surface area contributed by atoms with Crippen molar-refractivity contribution in [3.05, 3.63) is 144 Å². The van der Waals surface area contributed by atoms with Gasteiger partial charge in [0, 0.05) is 5.56 Å². The monoisotopic (exact) mass is 814 g/mol. The van der Waals surface area contributed by atoms with Gasteiger partial charge in [-0.1, -0.05) is 142 Å². The maximum absolute atomic E-state index is 12.0. The number of hydrogen-bond donors (Lipinski definition) is 2. The molecule has 0 spiro atoms. The van der Waals surface area contributed by atoms with Crippen molar-refractivity contribution in [3.8, 4) is 0 Å². The zero-order chi connectivity index (χ0) is 40.7. The van der Waals surface area contributed by atoms with Crippen molar-refractivity contribution in [3.63, 3.8) is 0 Å². The van der Waals surface area contributed by atoms with Gasteiger partial charge in [0.05, 0.1) is 33.0 Å². The molecule has 0 saturated carbocycles. The minimum atomic E-state index is -2.29. The predicted octanol–water partition coefficient (Wildman–Crippen LogP) is 7.07. The highest BCUT2D eigenvalue weighted by Gasteiger charge is 2.55. The van der Waals surface area contributed by atoms with E-state index in [0.29, 0.717) is 0 Å². The first-order chi connectivity index (χ1) is 28.0. The molecule has 11 atom stereocenters. The minimum absolute atomic E-state index is 0.0754. The molecule has 3 fully saturated rings. The van der Waals surface area contributed by atoms with Gasteiger partial charge in [0.1, 0.15) is 48.8 Å².